The summed E-state index contributed by atoms with van der Waals surface area (Å²) in [6, 6.07) is 7.73. The van der Waals surface area contributed by atoms with Crippen molar-refractivity contribution in [2.24, 2.45) is 0 Å². The molecule has 7 nitrogen and oxygen atoms in total. The van der Waals surface area contributed by atoms with Crippen LogP contribution < -0.4 is 14.8 Å². The highest BCUT2D eigenvalue weighted by molar-refractivity contribution is 5.97. The minimum absolute atomic E-state index is 0.122. The Kier molecular flexibility index (Phi) is 7.02. The Bertz CT molecular complexity index is 862. The normalized spacial score (nSPS) is 19.2. The van der Waals surface area contributed by atoms with Gasteiger partial charge in [0.1, 0.15) is 23.9 Å². The van der Waals surface area contributed by atoms with Crippen LogP contribution in [0.2, 0.25) is 0 Å². The largest absolute Gasteiger partial charge is 0.497 e. The molecular weight excluding hydrogens is 392 g/mol. The summed E-state index contributed by atoms with van der Waals surface area (Å²) in [5.74, 6) is 1.03. The molecule has 31 heavy (non-hydrogen) atoms. The zero-order chi connectivity index (χ0) is 21.6. The van der Waals surface area contributed by atoms with Crippen molar-refractivity contribution in [3.05, 3.63) is 48.0 Å². The number of benzene rings is 1. The van der Waals surface area contributed by atoms with Gasteiger partial charge in [0, 0.05) is 25.3 Å². The fourth-order valence-electron chi connectivity index (χ4n) is 4.63. The lowest BCUT2D eigenvalue weighted by Crippen LogP contribution is -2.43. The van der Waals surface area contributed by atoms with E-state index in [1.165, 1.54) is 32.0 Å². The average Bonchev–Trinajstić information content (AvgIpc) is 3.35. The van der Waals surface area contributed by atoms with Gasteiger partial charge in [0.15, 0.2) is 0 Å². The Labute approximate surface area is 184 Å². The molecule has 0 bridgehead atoms. The molecule has 1 aromatic heterocycles. The molecule has 1 saturated heterocycles. The van der Waals surface area contributed by atoms with Crippen molar-refractivity contribution in [2.45, 2.75) is 63.6 Å². The first-order valence-corrected chi connectivity index (χ1v) is 11.3. The van der Waals surface area contributed by atoms with Crippen LogP contribution in [0, 0.1) is 0 Å². The number of nitrogens with zero attached hydrogens (tertiary/aromatic N) is 3. The average molecular weight is 425 g/mol. The predicted octanol–water partition coefficient (Wildman–Crippen LogP) is 3.76. The number of piperidine rings is 1. The Morgan fingerprint density at radius 2 is 1.94 bits per heavy atom. The maximum Gasteiger partial charge on any atom is 0.255 e. The molecule has 1 unspecified atom stereocenters. The minimum atomic E-state index is -0.246. The van der Waals surface area contributed by atoms with Gasteiger partial charge in [-0.15, -0.1) is 0 Å². The van der Waals surface area contributed by atoms with Crippen LogP contribution in [-0.2, 0) is 0 Å². The SMILES string of the molecule is COc1ccc(OC2CCN(C3CCCC3)CC2)c(C(=O)NC(C)c2ccncn2)c1. The van der Waals surface area contributed by atoms with Crippen molar-refractivity contribution in [2.75, 3.05) is 20.2 Å². The molecule has 2 fully saturated rings. The van der Waals surface area contributed by atoms with Crippen LogP contribution in [0.1, 0.15) is 67.5 Å². The lowest BCUT2D eigenvalue weighted by Gasteiger charge is -2.36. The highest BCUT2D eigenvalue weighted by atomic mass is 16.5. The first-order valence-electron chi connectivity index (χ1n) is 11.3. The maximum atomic E-state index is 13.1. The van der Waals surface area contributed by atoms with E-state index in [1.807, 2.05) is 19.1 Å². The molecule has 1 saturated carbocycles. The number of carbonyl (C=O) groups excluding carboxylic acids is 1. The van der Waals surface area contributed by atoms with E-state index in [0.29, 0.717) is 17.1 Å². The first kappa shape index (κ1) is 21.6. The standard InChI is InChI=1S/C24H32N4O3/c1-17(22-9-12-25-16-26-22)27-24(29)21-15-20(30-2)7-8-23(21)31-19-10-13-28(14-11-19)18-5-3-4-6-18/h7-9,12,15-19H,3-6,10-11,13-14H2,1-2H3,(H,27,29). The first-order chi connectivity index (χ1) is 15.1. The smallest absolute Gasteiger partial charge is 0.255 e. The van der Waals surface area contributed by atoms with Gasteiger partial charge in [-0.3, -0.25) is 4.79 Å². The van der Waals surface area contributed by atoms with E-state index >= 15 is 0 Å². The monoisotopic (exact) mass is 424 g/mol. The number of ether oxygens (including phenoxy) is 2. The molecule has 4 rings (SSSR count). The highest BCUT2D eigenvalue weighted by Gasteiger charge is 2.28. The third-order valence-electron chi connectivity index (χ3n) is 6.44. The number of amides is 1. The van der Waals surface area contributed by atoms with Crippen molar-refractivity contribution in [3.63, 3.8) is 0 Å². The number of aromatic nitrogens is 2. The second-order valence-corrected chi connectivity index (χ2v) is 8.48. The van der Waals surface area contributed by atoms with Gasteiger partial charge >= 0.3 is 0 Å². The van der Waals surface area contributed by atoms with Crippen molar-refractivity contribution in [3.8, 4) is 11.5 Å². The molecule has 0 spiro atoms. The molecule has 2 aliphatic rings. The number of hydrogen-bond donors (Lipinski definition) is 1. The van der Waals surface area contributed by atoms with Gasteiger partial charge in [0.05, 0.1) is 24.4 Å². The summed E-state index contributed by atoms with van der Waals surface area (Å²) in [5, 5.41) is 3.01. The fourth-order valence-corrected chi connectivity index (χ4v) is 4.63. The molecule has 7 heteroatoms. The second kappa shape index (κ2) is 10.1. The van der Waals surface area contributed by atoms with E-state index in [1.54, 1.807) is 25.4 Å². The van der Waals surface area contributed by atoms with Gasteiger partial charge in [0.25, 0.3) is 5.91 Å². The highest BCUT2D eigenvalue weighted by Crippen LogP contribution is 2.30. The molecule has 1 aromatic carbocycles. The Morgan fingerprint density at radius 3 is 2.61 bits per heavy atom. The molecule has 166 valence electrons. The van der Waals surface area contributed by atoms with Crippen LogP contribution in [-0.4, -0.2) is 53.1 Å². The lowest BCUT2D eigenvalue weighted by molar-refractivity contribution is 0.0748. The maximum absolute atomic E-state index is 13.1. The summed E-state index contributed by atoms with van der Waals surface area (Å²) in [6.07, 6.45) is 10.6. The van der Waals surface area contributed by atoms with Crippen molar-refractivity contribution in [1.82, 2.24) is 20.2 Å². The Hall–Kier alpha value is -2.67. The summed E-state index contributed by atoms with van der Waals surface area (Å²) >= 11 is 0. The second-order valence-electron chi connectivity index (χ2n) is 8.48. The van der Waals surface area contributed by atoms with Crippen LogP contribution >= 0.6 is 0 Å². The quantitative estimate of drug-likeness (QED) is 0.729. The molecule has 1 aliphatic heterocycles. The molecule has 0 radical (unpaired) electrons. The molecule has 1 atom stereocenters. The summed E-state index contributed by atoms with van der Waals surface area (Å²) in [6.45, 7) is 4.04. The van der Waals surface area contributed by atoms with Gasteiger partial charge in [-0.2, -0.15) is 0 Å². The van der Waals surface area contributed by atoms with E-state index in [-0.39, 0.29) is 18.1 Å². The minimum Gasteiger partial charge on any atom is -0.497 e. The summed E-state index contributed by atoms with van der Waals surface area (Å²) < 4.78 is 11.7. The number of rotatable bonds is 7. The van der Waals surface area contributed by atoms with E-state index in [0.717, 1.165) is 37.7 Å². The molecule has 2 heterocycles. The van der Waals surface area contributed by atoms with E-state index in [2.05, 4.69) is 20.2 Å². The van der Waals surface area contributed by atoms with Crippen LogP contribution in [0.3, 0.4) is 0 Å². The summed E-state index contributed by atoms with van der Waals surface area (Å²) in [7, 11) is 1.60. The molecular formula is C24H32N4O3. The van der Waals surface area contributed by atoms with Crippen LogP contribution in [0.15, 0.2) is 36.8 Å². The third kappa shape index (κ3) is 5.34. The number of likely N-dealkylation sites (tertiary alicyclic amines) is 1. The van der Waals surface area contributed by atoms with Crippen LogP contribution in [0.5, 0.6) is 11.5 Å². The fraction of sp³-hybridized carbons (Fsp3) is 0.542. The molecule has 1 aliphatic carbocycles. The zero-order valence-electron chi connectivity index (χ0n) is 18.4. The number of nitrogens with one attached hydrogen (secondary N) is 1. The third-order valence-corrected chi connectivity index (χ3v) is 6.44. The van der Waals surface area contributed by atoms with Crippen molar-refractivity contribution >= 4 is 5.91 Å². The number of carbonyl (C=O) groups is 1. The van der Waals surface area contributed by atoms with Gasteiger partial charge in [0.2, 0.25) is 0 Å². The van der Waals surface area contributed by atoms with Crippen molar-refractivity contribution in [1.29, 1.82) is 0 Å². The number of methoxy groups -OCH3 is 1. The molecule has 1 N–H and O–H groups in total. The van der Waals surface area contributed by atoms with Gasteiger partial charge in [-0.25, -0.2) is 9.97 Å². The van der Waals surface area contributed by atoms with Gasteiger partial charge in [-0.1, -0.05) is 12.8 Å². The van der Waals surface area contributed by atoms with E-state index < -0.39 is 0 Å². The predicted molar refractivity (Wildman–Crippen MR) is 118 cm³/mol. The van der Waals surface area contributed by atoms with Crippen LogP contribution in [0.25, 0.3) is 0 Å². The summed E-state index contributed by atoms with van der Waals surface area (Å²) in [4.78, 5) is 23.9. The Morgan fingerprint density at radius 1 is 1.16 bits per heavy atom. The van der Waals surface area contributed by atoms with Gasteiger partial charge in [-0.05, 0) is 56.9 Å². The topological polar surface area (TPSA) is 76.6 Å². The van der Waals surface area contributed by atoms with Crippen LogP contribution in [0.4, 0.5) is 0 Å². The Balaban J connectivity index is 1.42. The molecule has 2 aromatic rings. The number of hydrogen-bond acceptors (Lipinski definition) is 6. The lowest BCUT2D eigenvalue weighted by atomic mass is 10.0. The summed E-state index contributed by atoms with van der Waals surface area (Å²) in [5.41, 5.74) is 1.24. The van der Waals surface area contributed by atoms with E-state index in [9.17, 15) is 4.79 Å². The molecule has 1 amide bonds. The van der Waals surface area contributed by atoms with Gasteiger partial charge < -0.3 is 19.7 Å². The zero-order valence-corrected chi connectivity index (χ0v) is 18.4. The van der Waals surface area contributed by atoms with Crippen molar-refractivity contribution < 1.29 is 14.3 Å². The van der Waals surface area contributed by atoms with E-state index in [4.69, 9.17) is 9.47 Å².